The minimum atomic E-state index is 0.753. The van der Waals surface area contributed by atoms with Crippen LogP contribution >= 0.6 is 0 Å². The third kappa shape index (κ3) is 5.45. The van der Waals surface area contributed by atoms with Gasteiger partial charge < -0.3 is 25.2 Å². The Kier molecular flexibility index (Phi) is 8.47. The fourth-order valence-electron chi connectivity index (χ4n) is 7.17. The second-order valence-electron chi connectivity index (χ2n) is 12.4. The van der Waals surface area contributed by atoms with E-state index in [1.54, 1.807) is 14.2 Å². The third-order valence-corrected chi connectivity index (χ3v) is 9.33. The number of fused-ring (bicyclic) bond motifs is 10. The van der Waals surface area contributed by atoms with Crippen LogP contribution in [0.15, 0.2) is 95.8 Å². The van der Waals surface area contributed by atoms with Crippen molar-refractivity contribution in [1.82, 2.24) is 24.8 Å². The van der Waals surface area contributed by atoms with Gasteiger partial charge in [0.2, 0.25) is 0 Å². The summed E-state index contributed by atoms with van der Waals surface area (Å²) in [5.74, 6) is 1.62. The van der Waals surface area contributed by atoms with E-state index in [4.69, 9.17) is 19.6 Å². The minimum absolute atomic E-state index is 0.753. The van der Waals surface area contributed by atoms with Crippen LogP contribution in [0.1, 0.15) is 35.1 Å². The summed E-state index contributed by atoms with van der Waals surface area (Å²) in [5, 5.41) is 18.2. The maximum atomic E-state index is 5.29. The molecule has 6 aromatic rings. The molecule has 8 rings (SSSR count). The maximum absolute atomic E-state index is 5.29. The van der Waals surface area contributed by atoms with Crippen LogP contribution in [0.4, 0.5) is 11.6 Å². The van der Waals surface area contributed by atoms with E-state index < -0.39 is 0 Å². The predicted octanol–water partition coefficient (Wildman–Crippen LogP) is 6.57. The Balaban J connectivity index is 0.922. The van der Waals surface area contributed by atoms with Crippen molar-refractivity contribution in [1.29, 1.82) is 0 Å². The Labute approximate surface area is 290 Å². The molecule has 0 saturated carbocycles. The fourth-order valence-corrected chi connectivity index (χ4v) is 7.17. The van der Waals surface area contributed by atoms with Crippen molar-refractivity contribution in [3.63, 3.8) is 0 Å². The average molecular weight is 664 g/mol. The lowest BCUT2D eigenvalue weighted by molar-refractivity contribution is 0.214. The number of hydrogen-bond acceptors (Lipinski definition) is 11. The van der Waals surface area contributed by atoms with E-state index in [0.717, 1.165) is 128 Å². The molecule has 0 spiro atoms. The van der Waals surface area contributed by atoms with E-state index in [1.165, 1.54) is 0 Å². The largest absolute Gasteiger partial charge is 0.399 e. The van der Waals surface area contributed by atoms with Gasteiger partial charge in [0, 0.05) is 70.9 Å². The summed E-state index contributed by atoms with van der Waals surface area (Å²) in [7, 11) is 5.31. The van der Waals surface area contributed by atoms with Crippen molar-refractivity contribution in [2.24, 2.45) is 10.3 Å². The summed E-state index contributed by atoms with van der Waals surface area (Å²) in [6, 6.07) is 20.5. The fraction of sp³-hybridized carbons (Fsp3) is 0.231. The smallest absolute Gasteiger partial charge is 0.136 e. The summed E-state index contributed by atoms with van der Waals surface area (Å²) < 4.78 is 0. The van der Waals surface area contributed by atoms with E-state index in [2.05, 4.69) is 67.1 Å². The molecule has 0 amide bonds. The number of rotatable bonds is 12. The second kappa shape index (κ2) is 13.5. The Hall–Kier alpha value is -5.94. The standard InChI is InChI=1S/C39H37N9O2/c1-48(20-8-16-42-38-34-32(26-10-4-6-12-30(26)44-38)24-14-18-40-22-28(24)36(34)46-49-2)21-9-17-43-39-35-33(27-11-5-7-13-31(27)45-39)25-15-19-41-23-29(25)37(35)47-50-3/h4-7,10-15,18-19,22-23H,8-9,16-17,20-21H2,1-3H3,(H,42,44)(H,43,45)/b46-36-,47-37+. The minimum Gasteiger partial charge on any atom is -0.399 e. The number of para-hydroxylation sites is 2. The Morgan fingerprint density at radius 1 is 0.600 bits per heavy atom. The van der Waals surface area contributed by atoms with Crippen LogP contribution in [0.5, 0.6) is 0 Å². The van der Waals surface area contributed by atoms with E-state index in [1.807, 2.05) is 61.2 Å². The zero-order chi connectivity index (χ0) is 34.0. The summed E-state index contributed by atoms with van der Waals surface area (Å²) >= 11 is 0. The van der Waals surface area contributed by atoms with Gasteiger partial charge >= 0.3 is 0 Å². The van der Waals surface area contributed by atoms with Crippen molar-refractivity contribution in [2.75, 3.05) is 58.1 Å². The zero-order valence-electron chi connectivity index (χ0n) is 28.3. The number of benzene rings is 2. The molecule has 0 aliphatic heterocycles. The molecule has 250 valence electrons. The molecular formula is C39H37N9O2. The second-order valence-corrected chi connectivity index (χ2v) is 12.4. The van der Waals surface area contributed by atoms with Crippen molar-refractivity contribution >= 4 is 44.9 Å². The van der Waals surface area contributed by atoms with Gasteiger partial charge in [-0.3, -0.25) is 9.97 Å². The van der Waals surface area contributed by atoms with Gasteiger partial charge in [0.15, 0.2) is 0 Å². The van der Waals surface area contributed by atoms with Crippen molar-refractivity contribution in [3.8, 4) is 22.3 Å². The van der Waals surface area contributed by atoms with Gasteiger partial charge in [-0.05, 0) is 68.4 Å². The molecule has 0 unspecified atom stereocenters. The maximum Gasteiger partial charge on any atom is 0.136 e. The molecule has 2 aliphatic carbocycles. The number of pyridine rings is 4. The lowest BCUT2D eigenvalue weighted by Crippen LogP contribution is -2.25. The first-order valence-electron chi connectivity index (χ1n) is 16.8. The summed E-state index contributed by atoms with van der Waals surface area (Å²) in [4.78, 5) is 31.7. The SMILES string of the molecule is CO/N=C1/c2cnccc2-c2c1c(NCCCN(C)CCCNc1nc3ccccc3c3c1/C(=N/OC)c1cnccc1-3)nc1ccccc21. The van der Waals surface area contributed by atoms with Gasteiger partial charge in [-0.1, -0.05) is 46.7 Å². The Morgan fingerprint density at radius 3 is 1.52 bits per heavy atom. The Morgan fingerprint density at radius 2 is 1.06 bits per heavy atom. The van der Waals surface area contributed by atoms with Crippen LogP contribution in [-0.2, 0) is 9.68 Å². The summed E-state index contributed by atoms with van der Waals surface area (Å²) in [6.45, 7) is 3.39. The first-order chi connectivity index (χ1) is 24.7. The average Bonchev–Trinajstić information content (AvgIpc) is 3.66. The van der Waals surface area contributed by atoms with E-state index in [0.29, 0.717) is 0 Å². The molecule has 2 aromatic carbocycles. The number of anilines is 2. The van der Waals surface area contributed by atoms with Gasteiger partial charge in [-0.2, -0.15) is 0 Å². The van der Waals surface area contributed by atoms with E-state index in [9.17, 15) is 0 Å². The molecule has 0 atom stereocenters. The first-order valence-corrected chi connectivity index (χ1v) is 16.8. The lowest BCUT2D eigenvalue weighted by Gasteiger charge is -2.18. The molecule has 11 heteroatoms. The van der Waals surface area contributed by atoms with E-state index in [-0.39, 0.29) is 0 Å². The predicted molar refractivity (Wildman–Crippen MR) is 199 cm³/mol. The van der Waals surface area contributed by atoms with Gasteiger partial charge in [0.05, 0.1) is 22.2 Å². The number of nitrogens with zero attached hydrogens (tertiary/aromatic N) is 7. The van der Waals surface area contributed by atoms with Crippen LogP contribution in [0.2, 0.25) is 0 Å². The van der Waals surface area contributed by atoms with Crippen LogP contribution in [0.3, 0.4) is 0 Å². The normalized spacial score (nSPS) is 14.2. The van der Waals surface area contributed by atoms with Crippen LogP contribution < -0.4 is 10.6 Å². The van der Waals surface area contributed by atoms with Gasteiger partial charge in [-0.25, -0.2) is 9.97 Å². The highest BCUT2D eigenvalue weighted by Gasteiger charge is 2.33. The highest BCUT2D eigenvalue weighted by Crippen LogP contribution is 2.45. The molecule has 0 bridgehead atoms. The molecule has 0 radical (unpaired) electrons. The third-order valence-electron chi connectivity index (χ3n) is 9.33. The number of oxime groups is 2. The quantitative estimate of drug-likeness (QED) is 0.110. The van der Waals surface area contributed by atoms with Crippen LogP contribution in [0.25, 0.3) is 44.1 Å². The zero-order valence-corrected chi connectivity index (χ0v) is 28.3. The molecule has 50 heavy (non-hydrogen) atoms. The van der Waals surface area contributed by atoms with Crippen LogP contribution in [0, 0.1) is 0 Å². The molecule has 2 N–H and O–H groups in total. The van der Waals surface area contributed by atoms with Crippen LogP contribution in [-0.4, -0.2) is 83.7 Å². The summed E-state index contributed by atoms with van der Waals surface area (Å²) in [5.41, 5.74) is 11.6. The number of hydrogen-bond donors (Lipinski definition) is 2. The molecular weight excluding hydrogens is 626 g/mol. The molecule has 4 aromatic heterocycles. The molecule has 11 nitrogen and oxygen atoms in total. The molecule has 0 fully saturated rings. The molecule has 4 heterocycles. The summed E-state index contributed by atoms with van der Waals surface area (Å²) in [6.07, 6.45) is 9.23. The van der Waals surface area contributed by atoms with Crippen molar-refractivity contribution < 1.29 is 9.68 Å². The highest BCUT2D eigenvalue weighted by atomic mass is 16.6. The van der Waals surface area contributed by atoms with Gasteiger partial charge in [0.1, 0.15) is 37.3 Å². The highest BCUT2D eigenvalue weighted by molar-refractivity contribution is 6.31. The topological polar surface area (TPSA) is 122 Å². The van der Waals surface area contributed by atoms with Gasteiger partial charge in [-0.15, -0.1) is 0 Å². The lowest BCUT2D eigenvalue weighted by atomic mass is 10.0. The van der Waals surface area contributed by atoms with Crippen molar-refractivity contribution in [2.45, 2.75) is 12.8 Å². The Bertz CT molecular complexity index is 2140. The van der Waals surface area contributed by atoms with E-state index >= 15 is 0 Å². The molecule has 0 saturated heterocycles. The number of aromatic nitrogens is 4. The molecule has 2 aliphatic rings. The first kappa shape index (κ1) is 31.3. The van der Waals surface area contributed by atoms with Gasteiger partial charge in [0.25, 0.3) is 0 Å². The van der Waals surface area contributed by atoms with Crippen molar-refractivity contribution in [3.05, 3.63) is 108 Å². The monoisotopic (exact) mass is 663 g/mol. The number of nitrogens with one attached hydrogen (secondary N) is 2.